The molecule has 2 aliphatic carbocycles. The van der Waals surface area contributed by atoms with E-state index >= 15 is 0 Å². The normalized spacial score (nSPS) is 12.5. The van der Waals surface area contributed by atoms with E-state index in [4.69, 9.17) is 54.4 Å². The number of esters is 6. The molecule has 2 saturated carbocycles. The number of nitrogens with one attached hydrogen (secondary N) is 4. The molecule has 2 atom stereocenters. The van der Waals surface area contributed by atoms with Crippen molar-refractivity contribution in [3.63, 3.8) is 0 Å². The van der Waals surface area contributed by atoms with Crippen molar-refractivity contribution in [2.45, 2.75) is 113 Å². The Kier molecular flexibility index (Phi) is 29.8. The van der Waals surface area contributed by atoms with Crippen molar-refractivity contribution in [3.05, 3.63) is 172 Å². The van der Waals surface area contributed by atoms with Gasteiger partial charge in [0.15, 0.2) is 17.2 Å². The van der Waals surface area contributed by atoms with Crippen molar-refractivity contribution in [1.29, 1.82) is 10.8 Å². The molecule has 26 heteroatoms. The van der Waals surface area contributed by atoms with E-state index in [-0.39, 0.29) is 105 Å². The first-order valence-corrected chi connectivity index (χ1v) is 33.3. The lowest BCUT2D eigenvalue weighted by Crippen LogP contribution is -2.28. The van der Waals surface area contributed by atoms with Gasteiger partial charge in [0.1, 0.15) is 22.9 Å². The van der Waals surface area contributed by atoms with Crippen LogP contribution in [0.5, 0.6) is 11.5 Å². The number of nitrogens with zero attached hydrogens (tertiary/aromatic N) is 2. The SMILES string of the molecule is C=Cc1cc(C(=O)Cc2ccc(C(=N)CC(=O)OCC)cc2)c(-c2ccc(C(=O)NCC3CC3)nc2C(=O)OC(C)OC(=O)C(C)C)cc1OC.C=Cc1cc(C(=O)O)c(-c2ccc(C(=O)NCC3CC3)nc2C(=O)OC(C)OC(=O)C(C)C)cc1OC.CCOC(=O)CC(=N)c1ccc(N)cc1. The summed E-state index contributed by atoms with van der Waals surface area (Å²) in [5, 5.41) is 31.4. The Balaban J connectivity index is 0.000000278. The zero-order chi connectivity index (χ0) is 75.8. The average Bonchev–Trinajstić information content (AvgIpc) is 1.48. The van der Waals surface area contributed by atoms with Gasteiger partial charge in [-0.25, -0.2) is 24.4 Å². The lowest BCUT2D eigenvalue weighted by Gasteiger charge is -2.19. The van der Waals surface area contributed by atoms with Crippen molar-refractivity contribution in [1.82, 2.24) is 20.6 Å². The summed E-state index contributed by atoms with van der Waals surface area (Å²) in [5.74, 6) is -5.91. The van der Waals surface area contributed by atoms with E-state index in [0.29, 0.717) is 76.5 Å². The number of hydrogen-bond donors (Lipinski definition) is 6. The summed E-state index contributed by atoms with van der Waals surface area (Å²) in [5.41, 5.74) is 9.37. The number of rotatable bonds is 32. The van der Waals surface area contributed by atoms with Crippen molar-refractivity contribution >= 4 is 88.6 Å². The van der Waals surface area contributed by atoms with Crippen LogP contribution in [0.4, 0.5) is 5.69 Å². The second kappa shape index (κ2) is 38.2. The summed E-state index contributed by atoms with van der Waals surface area (Å²) in [6.07, 6.45) is 4.36. The van der Waals surface area contributed by atoms with Gasteiger partial charge < -0.3 is 70.2 Å². The van der Waals surface area contributed by atoms with Gasteiger partial charge in [0.05, 0.1) is 57.7 Å². The number of ether oxygens (including phenoxy) is 8. The number of aromatic nitrogens is 2. The van der Waals surface area contributed by atoms with Gasteiger partial charge in [-0.3, -0.25) is 33.6 Å². The molecule has 544 valence electrons. The van der Waals surface area contributed by atoms with E-state index in [9.17, 15) is 53.1 Å². The highest BCUT2D eigenvalue weighted by Crippen LogP contribution is 2.37. The second-order valence-electron chi connectivity index (χ2n) is 24.5. The number of pyridine rings is 2. The zero-order valence-electron chi connectivity index (χ0n) is 59.3. The summed E-state index contributed by atoms with van der Waals surface area (Å²) in [7, 11) is 2.87. The molecule has 6 aromatic rings. The fourth-order valence-corrected chi connectivity index (χ4v) is 9.70. The molecule has 2 amide bonds. The van der Waals surface area contributed by atoms with Gasteiger partial charge >= 0.3 is 41.8 Å². The Bertz CT molecular complexity index is 4180. The summed E-state index contributed by atoms with van der Waals surface area (Å²) in [6.45, 7) is 21.8. The van der Waals surface area contributed by atoms with Crippen molar-refractivity contribution in [2.24, 2.45) is 23.7 Å². The summed E-state index contributed by atoms with van der Waals surface area (Å²) < 4.78 is 41.8. The van der Waals surface area contributed by atoms with Crippen LogP contribution in [0.1, 0.15) is 184 Å². The number of carboxylic acids is 1. The number of benzene rings is 4. The van der Waals surface area contributed by atoms with Gasteiger partial charge in [0.2, 0.25) is 12.6 Å². The minimum Gasteiger partial charge on any atom is -0.496 e. The average molecular weight is 1410 g/mol. The van der Waals surface area contributed by atoms with Gasteiger partial charge in [-0.2, -0.15) is 0 Å². The number of methoxy groups -OCH3 is 2. The number of carbonyl (C=O) groups is 10. The van der Waals surface area contributed by atoms with Crippen LogP contribution in [0.2, 0.25) is 0 Å². The molecule has 4 aromatic carbocycles. The first kappa shape index (κ1) is 80.3. The summed E-state index contributed by atoms with van der Waals surface area (Å²) in [4.78, 5) is 134. The molecule has 0 spiro atoms. The first-order chi connectivity index (χ1) is 49.0. The summed E-state index contributed by atoms with van der Waals surface area (Å²) in [6, 6.07) is 25.4. The van der Waals surface area contributed by atoms with Gasteiger partial charge in [0.25, 0.3) is 11.8 Å². The predicted octanol–water partition coefficient (Wildman–Crippen LogP) is 11.5. The third kappa shape index (κ3) is 23.7. The number of aromatic carboxylic acids is 1. The Morgan fingerprint density at radius 3 is 1.30 bits per heavy atom. The maximum absolute atomic E-state index is 14.0. The molecule has 103 heavy (non-hydrogen) atoms. The quantitative estimate of drug-likeness (QED) is 0.00570. The number of nitrogens with two attached hydrogens (primary N) is 1. The number of anilines is 1. The Morgan fingerprint density at radius 1 is 0.553 bits per heavy atom. The molecule has 8 rings (SSSR count). The maximum Gasteiger partial charge on any atom is 0.360 e. The van der Waals surface area contributed by atoms with Crippen LogP contribution in [-0.4, -0.2) is 139 Å². The molecule has 2 fully saturated rings. The molecule has 2 aromatic heterocycles. The van der Waals surface area contributed by atoms with Crippen molar-refractivity contribution < 1.29 is 90.9 Å². The third-order valence-electron chi connectivity index (χ3n) is 15.7. The molecule has 2 unspecified atom stereocenters. The molecule has 0 radical (unpaired) electrons. The number of amides is 2. The van der Waals surface area contributed by atoms with E-state index < -0.39 is 72.0 Å². The van der Waals surface area contributed by atoms with E-state index in [1.807, 2.05) is 0 Å². The van der Waals surface area contributed by atoms with E-state index in [1.54, 1.807) is 102 Å². The van der Waals surface area contributed by atoms with Crippen LogP contribution in [0.25, 0.3) is 34.4 Å². The predicted molar refractivity (Wildman–Crippen MR) is 383 cm³/mol. The van der Waals surface area contributed by atoms with Gasteiger partial charge in [-0.1, -0.05) is 89.4 Å². The molecule has 0 bridgehead atoms. The highest BCUT2D eigenvalue weighted by atomic mass is 16.7. The minimum atomic E-state index is -1.27. The van der Waals surface area contributed by atoms with Gasteiger partial charge in [-0.05, 0) is 134 Å². The number of hydrogen-bond acceptors (Lipinski definition) is 23. The van der Waals surface area contributed by atoms with Crippen LogP contribution >= 0.6 is 0 Å². The fourth-order valence-electron chi connectivity index (χ4n) is 9.70. The number of carbonyl (C=O) groups excluding carboxylic acids is 9. The number of ketones is 1. The zero-order valence-corrected chi connectivity index (χ0v) is 59.3. The maximum atomic E-state index is 14.0. The highest BCUT2D eigenvalue weighted by Gasteiger charge is 2.31. The second-order valence-corrected chi connectivity index (χ2v) is 24.5. The topological polar surface area (TPSA) is 388 Å². The lowest BCUT2D eigenvalue weighted by molar-refractivity contribution is -0.170. The molecule has 2 aliphatic rings. The largest absolute Gasteiger partial charge is 0.496 e. The van der Waals surface area contributed by atoms with Crippen LogP contribution in [0.15, 0.2) is 110 Å². The molecule has 7 N–H and O–H groups in total. The van der Waals surface area contributed by atoms with Gasteiger partial charge in [0, 0.05) is 83.8 Å². The molecular weight excluding hydrogens is 1330 g/mol. The number of Topliss-reactive ketones (excluding diaryl/α,β-unsaturated/α-hetero) is 1. The minimum absolute atomic E-state index is 0.00222. The number of carboxylic acid groups (broad SMARTS) is 1. The molecule has 0 saturated heterocycles. The van der Waals surface area contributed by atoms with Gasteiger partial charge in [-0.15, -0.1) is 0 Å². The molecule has 0 aliphatic heterocycles. The Morgan fingerprint density at radius 2 is 0.942 bits per heavy atom. The smallest absolute Gasteiger partial charge is 0.360 e. The summed E-state index contributed by atoms with van der Waals surface area (Å²) >= 11 is 0. The van der Waals surface area contributed by atoms with Crippen molar-refractivity contribution in [3.8, 4) is 33.8 Å². The fraction of sp³-hybridized carbons (Fsp3) is 0.351. The van der Waals surface area contributed by atoms with Crippen LogP contribution in [0, 0.1) is 34.5 Å². The lowest BCUT2D eigenvalue weighted by atomic mass is 9.90. The Labute approximate surface area is 597 Å². The monoisotopic (exact) mass is 1410 g/mol. The first-order valence-electron chi connectivity index (χ1n) is 33.3. The van der Waals surface area contributed by atoms with E-state index in [0.717, 1.165) is 25.7 Å². The molecular formula is C77H87N7O19. The highest BCUT2D eigenvalue weighted by molar-refractivity contribution is 6.10. The molecule has 26 nitrogen and oxygen atoms in total. The van der Waals surface area contributed by atoms with Crippen molar-refractivity contribution in [2.75, 3.05) is 46.3 Å². The van der Waals surface area contributed by atoms with Crippen LogP contribution in [-0.2, 0) is 54.0 Å². The van der Waals surface area contributed by atoms with E-state index in [2.05, 4.69) is 33.8 Å². The molecule has 2 heterocycles. The Hall–Kier alpha value is -11.7. The number of nitrogen functional groups attached to an aromatic ring is 1. The third-order valence-corrected chi connectivity index (χ3v) is 15.7. The van der Waals surface area contributed by atoms with E-state index in [1.165, 1.54) is 76.6 Å². The van der Waals surface area contributed by atoms with Crippen LogP contribution in [0.3, 0.4) is 0 Å². The standard InChI is InChI=1S/C39H43N3O9.C27H30N2O8.C11H14N2O2/c1-7-26-18-30(33(43)17-24-11-13-27(14-12-24)31(40)20-35(44)49-8-2)29(19-34(26)48-6)28-15-16-32(37(45)41-21-25-9-10-25)42-36(28)39(47)51-23(5)50-38(46)22(3)4;1-6-17-11-20(25(31)32)19(12-22(17)35-5)18-9-10-21(24(30)28-13-16-7-8-16)29-23(18)27(34)37-15(4)36-26(33)14(2)3;1-2-15-11(14)7-10(13)8-3-5-9(12)6-4-8/h7,11-16,18-19,22-23,25,40H,1,8-10,17,20-21H2,2-6H3,(H,41,45);6,9-12,14-16H,1,7-8,13H2,2-5H3,(H,28,30)(H,31,32);3-6,13H,2,7,12H2,1H3. The van der Waals surface area contributed by atoms with Crippen LogP contribution < -0.4 is 25.8 Å².